The van der Waals surface area contributed by atoms with E-state index in [-0.39, 0.29) is 5.91 Å². The normalized spacial score (nSPS) is 10.9. The van der Waals surface area contributed by atoms with Crippen LogP contribution in [0.15, 0.2) is 60.7 Å². The number of benzene rings is 3. The number of hydrogen-bond donors (Lipinski definition) is 1. The van der Waals surface area contributed by atoms with Gasteiger partial charge < -0.3 is 10.1 Å². The monoisotopic (exact) mass is 406 g/mol. The third-order valence-corrected chi connectivity index (χ3v) is 5.09. The van der Waals surface area contributed by atoms with Crippen molar-refractivity contribution in [2.45, 2.75) is 13.5 Å². The van der Waals surface area contributed by atoms with Crippen LogP contribution in [-0.2, 0) is 6.54 Å². The molecule has 4 rings (SSSR count). The van der Waals surface area contributed by atoms with Crippen LogP contribution in [0.3, 0.4) is 0 Å². The van der Waals surface area contributed by atoms with Crippen LogP contribution in [0.4, 0.5) is 5.69 Å². The quantitative estimate of drug-likeness (QED) is 0.521. The molecule has 146 valence electrons. The molecule has 0 aliphatic heterocycles. The summed E-state index contributed by atoms with van der Waals surface area (Å²) in [5.74, 6) is 0.244. The lowest BCUT2D eigenvalue weighted by atomic mass is 10.1. The topological polar surface area (TPSA) is 69.0 Å². The summed E-state index contributed by atoms with van der Waals surface area (Å²) in [4.78, 5) is 12.8. The SMILES string of the molecule is COc1cc(Cl)c(C)cc1NC(=O)c1ccc2c(c1)nnn2Cc1ccccc1. The van der Waals surface area contributed by atoms with Gasteiger partial charge in [-0.05, 0) is 42.3 Å². The number of hydrogen-bond acceptors (Lipinski definition) is 4. The van der Waals surface area contributed by atoms with Gasteiger partial charge in [0.25, 0.3) is 5.91 Å². The van der Waals surface area contributed by atoms with Crippen molar-refractivity contribution in [2.24, 2.45) is 0 Å². The first kappa shape index (κ1) is 19.0. The van der Waals surface area contributed by atoms with Gasteiger partial charge in [-0.2, -0.15) is 0 Å². The van der Waals surface area contributed by atoms with Crippen LogP contribution in [0, 0.1) is 6.92 Å². The van der Waals surface area contributed by atoms with Crippen LogP contribution in [0.5, 0.6) is 5.75 Å². The molecule has 0 spiro atoms. The number of aryl methyl sites for hydroxylation is 1. The Kier molecular flexibility index (Phi) is 5.18. The second-order valence-corrected chi connectivity index (χ2v) is 7.10. The first-order chi connectivity index (χ1) is 14.0. The highest BCUT2D eigenvalue weighted by molar-refractivity contribution is 6.31. The number of carbonyl (C=O) groups excluding carboxylic acids is 1. The predicted molar refractivity (Wildman–Crippen MR) is 114 cm³/mol. The fraction of sp³-hybridized carbons (Fsp3) is 0.136. The van der Waals surface area contributed by atoms with Gasteiger partial charge in [0, 0.05) is 16.7 Å². The summed E-state index contributed by atoms with van der Waals surface area (Å²) in [6, 6.07) is 18.9. The van der Waals surface area contributed by atoms with Crippen molar-refractivity contribution >= 4 is 34.2 Å². The highest BCUT2D eigenvalue weighted by Gasteiger charge is 2.14. The predicted octanol–water partition coefficient (Wildman–Crippen LogP) is 4.70. The van der Waals surface area contributed by atoms with Gasteiger partial charge in [-0.15, -0.1) is 5.10 Å². The molecule has 1 aromatic heterocycles. The summed E-state index contributed by atoms with van der Waals surface area (Å²) in [6.07, 6.45) is 0. The smallest absolute Gasteiger partial charge is 0.255 e. The van der Waals surface area contributed by atoms with E-state index in [1.165, 1.54) is 7.11 Å². The number of carbonyl (C=O) groups is 1. The van der Waals surface area contributed by atoms with E-state index in [2.05, 4.69) is 15.6 Å². The second kappa shape index (κ2) is 7.93. The molecule has 29 heavy (non-hydrogen) atoms. The van der Waals surface area contributed by atoms with E-state index in [0.717, 1.165) is 16.6 Å². The maximum Gasteiger partial charge on any atom is 0.255 e. The number of methoxy groups -OCH3 is 1. The molecule has 1 N–H and O–H groups in total. The van der Waals surface area contributed by atoms with E-state index in [0.29, 0.717) is 34.1 Å². The van der Waals surface area contributed by atoms with Crippen molar-refractivity contribution in [3.63, 3.8) is 0 Å². The molecular weight excluding hydrogens is 388 g/mol. The third-order valence-electron chi connectivity index (χ3n) is 4.68. The number of anilines is 1. The van der Waals surface area contributed by atoms with Gasteiger partial charge >= 0.3 is 0 Å². The summed E-state index contributed by atoms with van der Waals surface area (Å²) in [7, 11) is 1.54. The Morgan fingerprint density at radius 1 is 1.14 bits per heavy atom. The molecule has 0 atom stereocenters. The summed E-state index contributed by atoms with van der Waals surface area (Å²) in [5.41, 5.74) is 4.55. The molecule has 0 fully saturated rings. The van der Waals surface area contributed by atoms with Crippen LogP contribution in [0.1, 0.15) is 21.5 Å². The molecule has 0 aliphatic rings. The van der Waals surface area contributed by atoms with Crippen molar-refractivity contribution < 1.29 is 9.53 Å². The van der Waals surface area contributed by atoms with Gasteiger partial charge in [0.1, 0.15) is 11.3 Å². The van der Waals surface area contributed by atoms with Crippen LogP contribution in [0.25, 0.3) is 11.0 Å². The standard InChI is InChI=1S/C22H19ClN4O2/c1-14-10-19(21(29-2)12-17(14)23)24-22(28)16-8-9-20-18(11-16)25-26-27(20)13-15-6-4-3-5-7-15/h3-12H,13H2,1-2H3,(H,24,28). The number of rotatable bonds is 5. The minimum atomic E-state index is -0.260. The van der Waals surface area contributed by atoms with Gasteiger partial charge in [0.2, 0.25) is 0 Å². The fourth-order valence-electron chi connectivity index (χ4n) is 3.11. The molecule has 0 bridgehead atoms. The first-order valence-electron chi connectivity index (χ1n) is 9.08. The van der Waals surface area contributed by atoms with Crippen LogP contribution in [-0.4, -0.2) is 28.0 Å². The van der Waals surface area contributed by atoms with Gasteiger partial charge in [0.15, 0.2) is 0 Å². The summed E-state index contributed by atoms with van der Waals surface area (Å²) in [6.45, 7) is 2.48. The number of nitrogens with zero attached hydrogens (tertiary/aromatic N) is 3. The molecule has 0 radical (unpaired) electrons. The molecule has 1 amide bonds. The highest BCUT2D eigenvalue weighted by Crippen LogP contribution is 2.31. The van der Waals surface area contributed by atoms with Gasteiger partial charge in [-0.1, -0.05) is 47.1 Å². The Bertz CT molecular complexity index is 1190. The molecule has 7 heteroatoms. The minimum absolute atomic E-state index is 0.260. The van der Waals surface area contributed by atoms with E-state index in [1.807, 2.05) is 48.0 Å². The third kappa shape index (κ3) is 3.93. The molecule has 3 aromatic carbocycles. The second-order valence-electron chi connectivity index (χ2n) is 6.69. The largest absolute Gasteiger partial charge is 0.495 e. The van der Waals surface area contributed by atoms with Crippen molar-refractivity contribution in [3.8, 4) is 5.75 Å². The van der Waals surface area contributed by atoms with Crippen molar-refractivity contribution in [2.75, 3.05) is 12.4 Å². The minimum Gasteiger partial charge on any atom is -0.495 e. The first-order valence-corrected chi connectivity index (χ1v) is 9.45. The molecule has 6 nitrogen and oxygen atoms in total. The lowest BCUT2D eigenvalue weighted by Gasteiger charge is -2.12. The highest BCUT2D eigenvalue weighted by atomic mass is 35.5. The molecule has 0 saturated heterocycles. The average Bonchev–Trinajstić information content (AvgIpc) is 3.13. The Balaban J connectivity index is 1.59. The van der Waals surface area contributed by atoms with E-state index in [4.69, 9.17) is 16.3 Å². The average molecular weight is 407 g/mol. The summed E-state index contributed by atoms with van der Waals surface area (Å²) < 4.78 is 7.14. The zero-order valence-corrected chi connectivity index (χ0v) is 16.8. The molecule has 1 heterocycles. The molecular formula is C22H19ClN4O2. The number of aromatic nitrogens is 3. The maximum atomic E-state index is 12.8. The molecule has 0 unspecified atom stereocenters. The Morgan fingerprint density at radius 3 is 2.69 bits per heavy atom. The van der Waals surface area contributed by atoms with Crippen molar-refractivity contribution in [3.05, 3.63) is 82.4 Å². The number of ether oxygens (including phenoxy) is 1. The summed E-state index contributed by atoms with van der Waals surface area (Å²) >= 11 is 6.13. The van der Waals surface area contributed by atoms with Gasteiger partial charge in [-0.3, -0.25) is 4.79 Å². The molecule has 4 aromatic rings. The van der Waals surface area contributed by atoms with Crippen molar-refractivity contribution in [1.29, 1.82) is 0 Å². The molecule has 0 saturated carbocycles. The number of nitrogens with one attached hydrogen (secondary N) is 1. The van der Waals surface area contributed by atoms with Crippen molar-refractivity contribution in [1.82, 2.24) is 15.0 Å². The molecule has 0 aliphatic carbocycles. The zero-order valence-electron chi connectivity index (χ0n) is 16.0. The van der Waals surface area contributed by atoms with Crippen LogP contribution in [0.2, 0.25) is 5.02 Å². The Hall–Kier alpha value is -3.38. The number of halogens is 1. The fourth-order valence-corrected chi connectivity index (χ4v) is 3.26. The lowest BCUT2D eigenvalue weighted by molar-refractivity contribution is 0.102. The Morgan fingerprint density at radius 2 is 1.93 bits per heavy atom. The number of fused-ring (bicyclic) bond motifs is 1. The van der Waals surface area contributed by atoms with Crippen LogP contribution < -0.4 is 10.1 Å². The van der Waals surface area contributed by atoms with Gasteiger partial charge in [-0.25, -0.2) is 4.68 Å². The zero-order chi connectivity index (χ0) is 20.4. The lowest BCUT2D eigenvalue weighted by Crippen LogP contribution is -2.13. The van der Waals surface area contributed by atoms with E-state index in [9.17, 15) is 4.79 Å². The van der Waals surface area contributed by atoms with Gasteiger partial charge in [0.05, 0.1) is 24.9 Å². The summed E-state index contributed by atoms with van der Waals surface area (Å²) in [5, 5.41) is 11.9. The number of amides is 1. The van der Waals surface area contributed by atoms with E-state index >= 15 is 0 Å². The van der Waals surface area contributed by atoms with E-state index in [1.54, 1.807) is 24.3 Å². The Labute approximate surface area is 173 Å². The maximum absolute atomic E-state index is 12.8. The van der Waals surface area contributed by atoms with E-state index < -0.39 is 0 Å². The van der Waals surface area contributed by atoms with Crippen LogP contribution >= 0.6 is 11.6 Å².